The minimum absolute atomic E-state index is 0.0941. The monoisotopic (exact) mass is 457 g/mol. The summed E-state index contributed by atoms with van der Waals surface area (Å²) in [6.45, 7) is 0.296. The van der Waals surface area contributed by atoms with Crippen molar-refractivity contribution in [3.63, 3.8) is 0 Å². The van der Waals surface area contributed by atoms with E-state index in [0.717, 1.165) is 24.1 Å². The number of carbonyl (C=O) groups is 1. The molecule has 0 atom stereocenters. The lowest BCUT2D eigenvalue weighted by molar-refractivity contribution is 0.0949. The first-order valence-electron chi connectivity index (χ1n) is 11.0. The zero-order valence-corrected chi connectivity index (χ0v) is 18.1. The first-order chi connectivity index (χ1) is 16.7. The van der Waals surface area contributed by atoms with Crippen molar-refractivity contribution in [3.8, 4) is 28.7 Å². The average molecular weight is 457 g/mol. The van der Waals surface area contributed by atoms with Gasteiger partial charge in [-0.15, -0.1) is 0 Å². The Morgan fingerprint density at radius 2 is 1.97 bits per heavy atom. The van der Waals surface area contributed by atoms with Gasteiger partial charge in [-0.3, -0.25) is 4.79 Å². The molecule has 0 bridgehead atoms. The number of aromatic nitrogens is 4. The second kappa shape index (κ2) is 8.26. The number of benzene rings is 2. The Balaban J connectivity index is 1.30. The maximum atomic E-state index is 13.9. The third-order valence-corrected chi connectivity index (χ3v) is 5.91. The highest BCUT2D eigenvalue weighted by Crippen LogP contribution is 2.42. The number of fused-ring (bicyclic) bond motifs is 1. The van der Waals surface area contributed by atoms with Crippen LogP contribution in [-0.4, -0.2) is 32.4 Å². The molecule has 1 N–H and O–H groups in total. The summed E-state index contributed by atoms with van der Waals surface area (Å²) in [7, 11) is 0. The van der Waals surface area contributed by atoms with Crippen LogP contribution in [0.25, 0.3) is 17.2 Å². The Hall–Kier alpha value is -4.27. The molecular weight excluding hydrogens is 437 g/mol. The van der Waals surface area contributed by atoms with Gasteiger partial charge in [0.05, 0.1) is 23.1 Å². The molecule has 1 aliphatic heterocycles. The number of nitrogens with one attached hydrogen (secondary N) is 1. The van der Waals surface area contributed by atoms with Gasteiger partial charge in [0, 0.05) is 29.8 Å². The number of carbonyl (C=O) groups excluding carboxylic acids is 1. The average Bonchev–Trinajstić information content (AvgIpc) is 3.42. The summed E-state index contributed by atoms with van der Waals surface area (Å²) in [6, 6.07) is 13.8. The topological polar surface area (TPSA) is 91.2 Å². The zero-order valence-electron chi connectivity index (χ0n) is 18.1. The molecule has 6 rings (SSSR count). The van der Waals surface area contributed by atoms with Crippen molar-refractivity contribution in [2.45, 2.75) is 25.3 Å². The molecule has 1 amide bonds. The Labute approximate surface area is 194 Å². The lowest BCUT2D eigenvalue weighted by atomic mass is 10.1. The van der Waals surface area contributed by atoms with E-state index in [-0.39, 0.29) is 31.0 Å². The van der Waals surface area contributed by atoms with Gasteiger partial charge >= 0.3 is 0 Å². The van der Waals surface area contributed by atoms with Gasteiger partial charge < -0.3 is 14.8 Å². The van der Waals surface area contributed by atoms with Crippen molar-refractivity contribution in [1.29, 1.82) is 0 Å². The van der Waals surface area contributed by atoms with E-state index >= 15 is 0 Å². The SMILES string of the molecule is O=C(NCc1ccccc1F)c1cnn(-c2nccc(-c3ccc4c(c3)OCO4)n2)c1C1CC1. The number of rotatable bonds is 6. The fourth-order valence-corrected chi connectivity index (χ4v) is 4.02. The fourth-order valence-electron chi connectivity index (χ4n) is 4.02. The Morgan fingerprint density at radius 3 is 2.82 bits per heavy atom. The van der Waals surface area contributed by atoms with Crippen molar-refractivity contribution in [2.75, 3.05) is 6.79 Å². The van der Waals surface area contributed by atoms with Crippen LogP contribution in [0, 0.1) is 5.82 Å². The summed E-state index contributed by atoms with van der Waals surface area (Å²) >= 11 is 0. The van der Waals surface area contributed by atoms with Crippen LogP contribution in [-0.2, 0) is 6.54 Å². The molecule has 1 aliphatic carbocycles. The van der Waals surface area contributed by atoms with Gasteiger partial charge in [0.25, 0.3) is 11.9 Å². The number of hydrogen-bond donors (Lipinski definition) is 1. The molecular formula is C25H20FN5O3. The molecule has 8 nitrogen and oxygen atoms in total. The standard InChI is InChI=1S/C25H20FN5O3/c26-19-4-2-1-3-17(19)12-28-24(32)18-13-29-31(23(18)15-5-6-15)25-27-10-9-20(30-25)16-7-8-21-22(11-16)34-14-33-21/h1-4,7-11,13,15H,5-6,12,14H2,(H,28,32). The minimum atomic E-state index is -0.352. The third-order valence-electron chi connectivity index (χ3n) is 5.91. The Morgan fingerprint density at radius 1 is 1.12 bits per heavy atom. The molecule has 9 heteroatoms. The smallest absolute Gasteiger partial charge is 0.255 e. The summed E-state index contributed by atoms with van der Waals surface area (Å²) in [5.74, 6) is 1.30. The molecule has 0 radical (unpaired) electrons. The van der Waals surface area contributed by atoms with Crippen LogP contribution < -0.4 is 14.8 Å². The molecule has 1 saturated carbocycles. The highest BCUT2D eigenvalue weighted by molar-refractivity contribution is 5.95. The van der Waals surface area contributed by atoms with Gasteiger partial charge in [0.15, 0.2) is 11.5 Å². The molecule has 2 aromatic carbocycles. The predicted molar refractivity (Wildman–Crippen MR) is 120 cm³/mol. The molecule has 0 saturated heterocycles. The summed E-state index contributed by atoms with van der Waals surface area (Å²) < 4.78 is 26.4. The second-order valence-corrected chi connectivity index (χ2v) is 8.21. The normalized spacial score (nSPS) is 14.3. The fraction of sp³-hybridized carbons (Fsp3) is 0.200. The highest BCUT2D eigenvalue weighted by Gasteiger charge is 2.33. The molecule has 170 valence electrons. The van der Waals surface area contributed by atoms with Gasteiger partial charge in [0.2, 0.25) is 6.79 Å². The van der Waals surface area contributed by atoms with E-state index in [2.05, 4.69) is 15.4 Å². The molecule has 2 aliphatic rings. The van der Waals surface area contributed by atoms with Gasteiger partial charge in [-0.1, -0.05) is 18.2 Å². The van der Waals surface area contributed by atoms with Gasteiger partial charge in [-0.2, -0.15) is 5.10 Å². The largest absolute Gasteiger partial charge is 0.454 e. The molecule has 0 unspecified atom stereocenters. The summed E-state index contributed by atoms with van der Waals surface area (Å²) in [5.41, 5.74) is 3.21. The third kappa shape index (κ3) is 3.75. The predicted octanol–water partition coefficient (Wildman–Crippen LogP) is 4.00. The summed E-state index contributed by atoms with van der Waals surface area (Å²) in [6.07, 6.45) is 5.11. The van der Waals surface area contributed by atoms with E-state index in [9.17, 15) is 9.18 Å². The van der Waals surface area contributed by atoms with Crippen molar-refractivity contribution in [3.05, 3.63) is 83.6 Å². The highest BCUT2D eigenvalue weighted by atomic mass is 19.1. The first-order valence-corrected chi connectivity index (χ1v) is 11.0. The Kier molecular flexibility index (Phi) is 4.94. The van der Waals surface area contributed by atoms with Crippen LogP contribution >= 0.6 is 0 Å². The molecule has 3 heterocycles. The second-order valence-electron chi connectivity index (χ2n) is 8.21. The summed E-state index contributed by atoms with van der Waals surface area (Å²) in [4.78, 5) is 22.1. The van der Waals surface area contributed by atoms with Gasteiger partial charge in [-0.05, 0) is 43.2 Å². The van der Waals surface area contributed by atoms with Crippen LogP contribution in [0.2, 0.25) is 0 Å². The first kappa shape index (κ1) is 20.3. The molecule has 1 fully saturated rings. The molecule has 34 heavy (non-hydrogen) atoms. The van der Waals surface area contributed by atoms with Crippen LogP contribution in [0.5, 0.6) is 11.5 Å². The maximum absolute atomic E-state index is 13.9. The number of halogens is 1. The molecule has 2 aromatic heterocycles. The van der Waals surface area contributed by atoms with Crippen LogP contribution in [0.3, 0.4) is 0 Å². The minimum Gasteiger partial charge on any atom is -0.454 e. The number of nitrogens with zero attached hydrogens (tertiary/aromatic N) is 4. The maximum Gasteiger partial charge on any atom is 0.255 e. The van der Waals surface area contributed by atoms with E-state index < -0.39 is 0 Å². The van der Waals surface area contributed by atoms with Gasteiger partial charge in [-0.25, -0.2) is 19.0 Å². The number of ether oxygens (including phenoxy) is 2. The van der Waals surface area contributed by atoms with Crippen LogP contribution in [0.1, 0.15) is 40.4 Å². The Bertz CT molecular complexity index is 1400. The van der Waals surface area contributed by atoms with Crippen LogP contribution in [0.4, 0.5) is 4.39 Å². The zero-order chi connectivity index (χ0) is 23.1. The lowest BCUT2D eigenvalue weighted by Gasteiger charge is -2.10. The van der Waals surface area contributed by atoms with Crippen LogP contribution in [0.15, 0.2) is 60.9 Å². The van der Waals surface area contributed by atoms with Crippen molar-refractivity contribution >= 4 is 5.91 Å². The number of amides is 1. The molecule has 0 spiro atoms. The van der Waals surface area contributed by atoms with Crippen molar-refractivity contribution in [1.82, 2.24) is 25.1 Å². The molecule has 4 aromatic rings. The lowest BCUT2D eigenvalue weighted by Crippen LogP contribution is -2.24. The van der Waals surface area contributed by atoms with E-state index in [1.165, 1.54) is 12.3 Å². The number of hydrogen-bond acceptors (Lipinski definition) is 6. The van der Waals surface area contributed by atoms with E-state index in [1.54, 1.807) is 29.1 Å². The van der Waals surface area contributed by atoms with Gasteiger partial charge in [0.1, 0.15) is 5.82 Å². The van der Waals surface area contributed by atoms with E-state index in [1.807, 2.05) is 24.3 Å². The quantitative estimate of drug-likeness (QED) is 0.471. The van der Waals surface area contributed by atoms with Crippen molar-refractivity contribution < 1.29 is 18.7 Å². The van der Waals surface area contributed by atoms with E-state index in [4.69, 9.17) is 14.5 Å². The summed E-state index contributed by atoms with van der Waals surface area (Å²) in [5, 5.41) is 7.25. The van der Waals surface area contributed by atoms with Crippen molar-refractivity contribution in [2.24, 2.45) is 0 Å². The van der Waals surface area contributed by atoms with E-state index in [0.29, 0.717) is 34.3 Å².